The second kappa shape index (κ2) is 4.57. The van der Waals surface area contributed by atoms with Crippen molar-refractivity contribution >= 4 is 5.78 Å². The summed E-state index contributed by atoms with van der Waals surface area (Å²) in [6.07, 6.45) is 10.1. The van der Waals surface area contributed by atoms with Gasteiger partial charge >= 0.3 is 0 Å². The number of fused-ring (bicyclic) bond motifs is 5. The van der Waals surface area contributed by atoms with Crippen LogP contribution in [0, 0.1) is 34.5 Å². The van der Waals surface area contributed by atoms with Gasteiger partial charge in [0.2, 0.25) is 5.79 Å². The molecule has 3 nitrogen and oxygen atoms in total. The number of carbonyl (C=O) groups is 1. The number of ketones is 1. The molecule has 0 bridgehead atoms. The van der Waals surface area contributed by atoms with Gasteiger partial charge in [-0.05, 0) is 67.6 Å². The number of rotatable bonds is 0. The Morgan fingerprint density at radius 1 is 0.955 bits per heavy atom. The van der Waals surface area contributed by atoms with Gasteiger partial charge in [-0.2, -0.15) is 0 Å². The molecule has 1 unspecified atom stereocenters. The van der Waals surface area contributed by atoms with Gasteiger partial charge in [-0.1, -0.05) is 26.7 Å². The van der Waals surface area contributed by atoms with Crippen molar-refractivity contribution in [2.75, 3.05) is 0 Å². The van der Waals surface area contributed by atoms with Gasteiger partial charge in [-0.3, -0.25) is 4.79 Å². The molecule has 0 aromatic rings. The van der Waals surface area contributed by atoms with E-state index in [0.717, 1.165) is 18.8 Å². The fourth-order valence-corrected chi connectivity index (χ4v) is 7.13. The summed E-state index contributed by atoms with van der Waals surface area (Å²) in [6, 6.07) is 0. The number of aliphatic hydroxyl groups is 2. The lowest BCUT2D eigenvalue weighted by atomic mass is 9.45. The molecule has 0 amide bonds. The maximum Gasteiger partial charge on any atom is 0.224 e. The van der Waals surface area contributed by atoms with E-state index >= 15 is 0 Å². The van der Waals surface area contributed by atoms with Crippen LogP contribution in [-0.2, 0) is 4.79 Å². The molecular weight excluding hydrogens is 276 g/mol. The zero-order chi connectivity index (χ0) is 15.8. The van der Waals surface area contributed by atoms with E-state index in [1.807, 2.05) is 6.92 Å². The van der Waals surface area contributed by atoms with Crippen molar-refractivity contribution in [1.29, 1.82) is 0 Å². The fraction of sp³-hybridized carbons (Fsp3) is 0.947. The molecule has 22 heavy (non-hydrogen) atoms. The lowest BCUT2D eigenvalue weighted by Gasteiger charge is -2.59. The highest BCUT2D eigenvalue weighted by molar-refractivity contribution is 5.93. The minimum atomic E-state index is -2.07. The summed E-state index contributed by atoms with van der Waals surface area (Å²) in [5.41, 5.74) is -0.0652. The van der Waals surface area contributed by atoms with E-state index < -0.39 is 11.2 Å². The summed E-state index contributed by atoms with van der Waals surface area (Å²) in [5, 5.41) is 20.3. The van der Waals surface area contributed by atoms with Gasteiger partial charge in [0.25, 0.3) is 0 Å². The Bertz CT molecular complexity index is 499. The van der Waals surface area contributed by atoms with E-state index in [0.29, 0.717) is 17.3 Å². The Morgan fingerprint density at radius 3 is 2.50 bits per heavy atom. The van der Waals surface area contributed by atoms with E-state index in [-0.39, 0.29) is 18.1 Å². The summed E-state index contributed by atoms with van der Waals surface area (Å²) in [5.74, 6) is -0.141. The Hall–Kier alpha value is -0.410. The molecule has 4 aliphatic rings. The first-order valence-corrected chi connectivity index (χ1v) is 9.29. The van der Waals surface area contributed by atoms with Crippen LogP contribution in [0.1, 0.15) is 71.6 Å². The average Bonchev–Trinajstić information content (AvgIpc) is 2.66. The Morgan fingerprint density at radius 2 is 1.73 bits per heavy atom. The molecule has 0 spiro atoms. The molecule has 0 heterocycles. The van der Waals surface area contributed by atoms with Gasteiger partial charge in [-0.15, -0.1) is 0 Å². The highest BCUT2D eigenvalue weighted by atomic mass is 16.5. The van der Waals surface area contributed by atoms with Crippen LogP contribution < -0.4 is 0 Å². The SMILES string of the molecule is C[C@]12CCCCC1CC[C@@H]1[C@H]2CC[C@]2(C)C(=O)C(O)(O)C[C@@H]12. The van der Waals surface area contributed by atoms with Crippen LogP contribution in [-0.4, -0.2) is 21.8 Å². The van der Waals surface area contributed by atoms with Crippen LogP contribution in [0.15, 0.2) is 0 Å². The molecule has 0 radical (unpaired) electrons. The zero-order valence-corrected chi connectivity index (χ0v) is 14.0. The van der Waals surface area contributed by atoms with E-state index in [1.165, 1.54) is 38.5 Å². The normalized spacial score (nSPS) is 53.5. The molecule has 3 heteroatoms. The Kier molecular flexibility index (Phi) is 3.14. The lowest BCUT2D eigenvalue weighted by Crippen LogP contribution is -2.53. The third-order valence-corrected chi connectivity index (χ3v) is 8.36. The second-order valence-corrected chi connectivity index (χ2v) is 9.21. The fourth-order valence-electron chi connectivity index (χ4n) is 7.13. The predicted molar refractivity (Wildman–Crippen MR) is 83.9 cm³/mol. The molecule has 2 N–H and O–H groups in total. The molecule has 0 aromatic carbocycles. The Balaban J connectivity index is 1.68. The maximum atomic E-state index is 12.5. The smallest absolute Gasteiger partial charge is 0.224 e. The Labute approximate surface area is 133 Å². The number of hydrogen-bond acceptors (Lipinski definition) is 3. The largest absolute Gasteiger partial charge is 0.360 e. The van der Waals surface area contributed by atoms with Gasteiger partial charge in [0.05, 0.1) is 0 Å². The molecule has 4 saturated carbocycles. The first kappa shape index (κ1) is 15.1. The zero-order valence-electron chi connectivity index (χ0n) is 14.0. The molecule has 0 aliphatic heterocycles. The molecule has 4 fully saturated rings. The standard InChI is InChI=1S/C19H30O3/c1-17-9-4-3-5-12(17)6-7-13-14(17)8-10-18(2)15(13)11-19(21,22)16(18)20/h12-15,21-22H,3-11H2,1-2H3/t12?,13-,14-,15+,17+,18+/m1/s1. The van der Waals surface area contributed by atoms with Crippen molar-refractivity contribution in [2.24, 2.45) is 34.5 Å². The monoisotopic (exact) mass is 306 g/mol. The molecule has 4 rings (SSSR count). The van der Waals surface area contributed by atoms with Gasteiger partial charge in [0, 0.05) is 11.8 Å². The first-order valence-electron chi connectivity index (χ1n) is 9.29. The summed E-state index contributed by atoms with van der Waals surface area (Å²) >= 11 is 0. The van der Waals surface area contributed by atoms with Crippen molar-refractivity contribution < 1.29 is 15.0 Å². The minimum absolute atomic E-state index is 0.174. The van der Waals surface area contributed by atoms with Crippen molar-refractivity contribution in [3.05, 3.63) is 0 Å². The van der Waals surface area contributed by atoms with Gasteiger partial charge in [0.1, 0.15) is 0 Å². The van der Waals surface area contributed by atoms with Gasteiger partial charge < -0.3 is 10.2 Å². The van der Waals surface area contributed by atoms with Crippen molar-refractivity contribution in [3.8, 4) is 0 Å². The highest BCUT2D eigenvalue weighted by Crippen LogP contribution is 2.66. The summed E-state index contributed by atoms with van der Waals surface area (Å²) in [6.45, 7) is 4.50. The van der Waals surface area contributed by atoms with Crippen LogP contribution in [0.3, 0.4) is 0 Å². The second-order valence-electron chi connectivity index (χ2n) is 9.21. The van der Waals surface area contributed by atoms with Gasteiger partial charge in [0.15, 0.2) is 5.78 Å². The lowest BCUT2D eigenvalue weighted by molar-refractivity contribution is -0.180. The van der Waals surface area contributed by atoms with Crippen LogP contribution in [0.5, 0.6) is 0 Å². The molecule has 0 saturated heterocycles. The third kappa shape index (κ3) is 1.78. The van der Waals surface area contributed by atoms with E-state index in [2.05, 4.69) is 6.92 Å². The van der Waals surface area contributed by atoms with Crippen LogP contribution in [0.2, 0.25) is 0 Å². The van der Waals surface area contributed by atoms with E-state index in [4.69, 9.17) is 0 Å². The number of hydrogen-bond donors (Lipinski definition) is 2. The number of Topliss-reactive ketones (excluding diaryl/α,β-unsaturated/α-hetero) is 1. The molecule has 6 atom stereocenters. The summed E-state index contributed by atoms with van der Waals surface area (Å²) < 4.78 is 0. The van der Waals surface area contributed by atoms with E-state index in [9.17, 15) is 15.0 Å². The predicted octanol–water partition coefficient (Wildman–Crippen LogP) is 3.28. The van der Waals surface area contributed by atoms with Crippen LogP contribution in [0.25, 0.3) is 0 Å². The quantitative estimate of drug-likeness (QED) is 0.675. The first-order chi connectivity index (χ1) is 10.3. The molecule has 0 aromatic heterocycles. The number of carbonyl (C=O) groups excluding carboxylic acids is 1. The topological polar surface area (TPSA) is 57.5 Å². The van der Waals surface area contributed by atoms with Crippen molar-refractivity contribution in [1.82, 2.24) is 0 Å². The van der Waals surface area contributed by atoms with Crippen LogP contribution >= 0.6 is 0 Å². The molecular formula is C19H30O3. The van der Waals surface area contributed by atoms with Gasteiger partial charge in [-0.25, -0.2) is 0 Å². The third-order valence-electron chi connectivity index (χ3n) is 8.36. The van der Waals surface area contributed by atoms with Crippen molar-refractivity contribution in [3.63, 3.8) is 0 Å². The van der Waals surface area contributed by atoms with Crippen LogP contribution in [0.4, 0.5) is 0 Å². The maximum absolute atomic E-state index is 12.5. The minimum Gasteiger partial charge on any atom is -0.360 e. The summed E-state index contributed by atoms with van der Waals surface area (Å²) in [4.78, 5) is 12.5. The van der Waals surface area contributed by atoms with E-state index in [1.54, 1.807) is 0 Å². The van der Waals surface area contributed by atoms with Crippen molar-refractivity contribution in [2.45, 2.75) is 77.4 Å². The molecule has 4 aliphatic carbocycles. The molecule has 124 valence electrons. The highest BCUT2D eigenvalue weighted by Gasteiger charge is 2.65. The summed E-state index contributed by atoms with van der Waals surface area (Å²) in [7, 11) is 0. The average molecular weight is 306 g/mol.